The van der Waals surface area contributed by atoms with Gasteiger partial charge in [-0.25, -0.2) is 8.42 Å². The van der Waals surface area contributed by atoms with Crippen LogP contribution in [0.25, 0.3) is 0 Å². The summed E-state index contributed by atoms with van der Waals surface area (Å²) < 4.78 is 34.5. The third-order valence-electron chi connectivity index (χ3n) is 7.30. The Labute approximate surface area is 270 Å². The van der Waals surface area contributed by atoms with Gasteiger partial charge < -0.3 is 15.0 Å². The van der Waals surface area contributed by atoms with Gasteiger partial charge in [0.05, 0.1) is 17.7 Å². The molecule has 0 aliphatic carbocycles. The van der Waals surface area contributed by atoms with Crippen molar-refractivity contribution < 1.29 is 22.7 Å². The maximum Gasteiger partial charge on any atom is 0.264 e. The fourth-order valence-corrected chi connectivity index (χ4v) is 6.48. The molecule has 0 heterocycles. The Balaban J connectivity index is 1.79. The van der Waals surface area contributed by atoms with E-state index in [9.17, 15) is 18.0 Å². The average molecular weight is 648 g/mol. The molecule has 2 amide bonds. The lowest BCUT2D eigenvalue weighted by Gasteiger charge is -2.34. The van der Waals surface area contributed by atoms with E-state index in [0.29, 0.717) is 17.3 Å². The van der Waals surface area contributed by atoms with Crippen LogP contribution >= 0.6 is 11.6 Å². The van der Waals surface area contributed by atoms with Crippen molar-refractivity contribution in [3.63, 3.8) is 0 Å². The number of carbonyl (C=O) groups excluding carboxylic acids is 2. The lowest BCUT2D eigenvalue weighted by molar-refractivity contribution is -0.140. The van der Waals surface area contributed by atoms with Gasteiger partial charge in [-0.1, -0.05) is 78.7 Å². The predicted octanol–water partition coefficient (Wildman–Crippen LogP) is 6.02. The molecule has 0 aliphatic heterocycles. The lowest BCUT2D eigenvalue weighted by Crippen LogP contribution is -2.53. The van der Waals surface area contributed by atoms with Crippen LogP contribution in [0.2, 0.25) is 5.02 Å². The van der Waals surface area contributed by atoms with Crippen molar-refractivity contribution in [1.29, 1.82) is 0 Å². The molecule has 0 saturated heterocycles. The second-order valence-electron chi connectivity index (χ2n) is 10.7. The minimum Gasteiger partial charge on any atom is -0.497 e. The monoisotopic (exact) mass is 647 g/mol. The van der Waals surface area contributed by atoms with Gasteiger partial charge in [0.2, 0.25) is 11.8 Å². The number of nitrogens with zero attached hydrogens (tertiary/aromatic N) is 2. The number of hydrogen-bond donors (Lipinski definition) is 1. The first-order valence-electron chi connectivity index (χ1n) is 14.7. The number of aryl methyl sites for hydroxylation is 1. The van der Waals surface area contributed by atoms with Gasteiger partial charge in [-0.05, 0) is 73.0 Å². The molecule has 8 nitrogen and oxygen atoms in total. The third-order valence-corrected chi connectivity index (χ3v) is 9.34. The number of ether oxygens (including phenoxy) is 1. The zero-order chi connectivity index (χ0) is 32.4. The van der Waals surface area contributed by atoms with Crippen LogP contribution < -0.4 is 14.4 Å². The molecule has 0 bridgehead atoms. The second-order valence-corrected chi connectivity index (χ2v) is 13.0. The largest absolute Gasteiger partial charge is 0.497 e. The summed E-state index contributed by atoms with van der Waals surface area (Å²) in [5.41, 5.74) is 2.95. The molecular formula is C35H38ClN3O5S. The zero-order valence-electron chi connectivity index (χ0n) is 25.6. The summed E-state index contributed by atoms with van der Waals surface area (Å²) in [6, 6.07) is 28.5. The summed E-state index contributed by atoms with van der Waals surface area (Å²) in [7, 11) is -2.74. The van der Waals surface area contributed by atoms with Gasteiger partial charge in [0.15, 0.2) is 0 Å². The number of hydrogen-bond acceptors (Lipinski definition) is 5. The van der Waals surface area contributed by atoms with Crippen LogP contribution in [-0.2, 0) is 32.6 Å². The molecule has 0 aromatic heterocycles. The Morgan fingerprint density at radius 1 is 0.889 bits per heavy atom. The first kappa shape index (κ1) is 33.6. The molecule has 4 aromatic carbocycles. The number of benzene rings is 4. The number of carbonyl (C=O) groups is 2. The Bertz CT molecular complexity index is 1680. The van der Waals surface area contributed by atoms with Crippen molar-refractivity contribution in [3.05, 3.63) is 125 Å². The van der Waals surface area contributed by atoms with E-state index in [2.05, 4.69) is 5.32 Å². The number of rotatable bonds is 14. The highest BCUT2D eigenvalue weighted by Crippen LogP contribution is 2.27. The molecule has 0 fully saturated rings. The molecule has 1 unspecified atom stereocenters. The summed E-state index contributed by atoms with van der Waals surface area (Å²) >= 11 is 6.13. The Kier molecular flexibility index (Phi) is 11.6. The number of halogens is 1. The summed E-state index contributed by atoms with van der Waals surface area (Å²) in [6.07, 6.45) is 0.972. The SMILES string of the molecule is CCCNC(=O)C(Cc1ccccc1)N(Cc1cccc(C)c1)C(=O)CN(c1ccc(Cl)cc1)S(=O)(=O)c1ccc(OC)cc1. The van der Waals surface area contributed by atoms with Crippen LogP contribution in [0.15, 0.2) is 108 Å². The fourth-order valence-electron chi connectivity index (χ4n) is 4.94. The molecule has 0 saturated carbocycles. The molecule has 1 atom stereocenters. The first-order chi connectivity index (χ1) is 21.6. The van der Waals surface area contributed by atoms with Crippen LogP contribution in [0.4, 0.5) is 5.69 Å². The summed E-state index contributed by atoms with van der Waals surface area (Å²) in [5, 5.41) is 3.37. The van der Waals surface area contributed by atoms with Crippen molar-refractivity contribution in [3.8, 4) is 5.75 Å². The van der Waals surface area contributed by atoms with Gasteiger partial charge in [0, 0.05) is 24.5 Å². The quantitative estimate of drug-likeness (QED) is 0.181. The Morgan fingerprint density at radius 3 is 2.18 bits per heavy atom. The van der Waals surface area contributed by atoms with Gasteiger partial charge in [0.1, 0.15) is 18.3 Å². The normalized spacial score (nSPS) is 11.8. The molecule has 0 spiro atoms. The van der Waals surface area contributed by atoms with Crippen molar-refractivity contribution in [2.75, 3.05) is 24.5 Å². The van der Waals surface area contributed by atoms with Crippen molar-refractivity contribution in [2.24, 2.45) is 0 Å². The molecule has 0 aliphatic rings. The predicted molar refractivity (Wildman–Crippen MR) is 178 cm³/mol. The zero-order valence-corrected chi connectivity index (χ0v) is 27.2. The molecule has 236 valence electrons. The minimum absolute atomic E-state index is 0.0159. The number of methoxy groups -OCH3 is 1. The van der Waals surface area contributed by atoms with Gasteiger partial charge in [-0.3, -0.25) is 13.9 Å². The maximum absolute atomic E-state index is 14.5. The Hall–Kier alpha value is -4.34. The van der Waals surface area contributed by atoms with Gasteiger partial charge in [-0.15, -0.1) is 0 Å². The summed E-state index contributed by atoms with van der Waals surface area (Å²) in [6.45, 7) is 3.91. The molecule has 4 aromatic rings. The van der Waals surface area contributed by atoms with E-state index in [1.807, 2.05) is 68.4 Å². The number of sulfonamides is 1. The van der Waals surface area contributed by atoms with Crippen molar-refractivity contribution in [1.82, 2.24) is 10.2 Å². The standard InChI is InChI=1S/C35H38ClN3O5S/c1-4-21-37-35(41)33(23-27-10-6-5-7-11-27)38(24-28-12-8-9-26(2)22-28)34(40)25-39(30-15-13-29(36)14-16-30)45(42,43)32-19-17-31(44-3)18-20-32/h5-20,22,33H,4,21,23-25H2,1-3H3,(H,37,41). The van der Waals surface area contributed by atoms with Crippen LogP contribution in [-0.4, -0.2) is 51.4 Å². The van der Waals surface area contributed by atoms with E-state index in [-0.39, 0.29) is 29.5 Å². The van der Waals surface area contributed by atoms with Gasteiger partial charge >= 0.3 is 0 Å². The van der Waals surface area contributed by atoms with Crippen LogP contribution in [0.5, 0.6) is 5.75 Å². The molecule has 45 heavy (non-hydrogen) atoms. The third kappa shape index (κ3) is 8.86. The van der Waals surface area contributed by atoms with E-state index in [1.54, 1.807) is 36.4 Å². The molecular weight excluding hydrogens is 610 g/mol. The molecule has 4 rings (SSSR count). The number of amides is 2. The molecule has 10 heteroatoms. The average Bonchev–Trinajstić information content (AvgIpc) is 3.05. The number of nitrogens with one attached hydrogen (secondary N) is 1. The number of anilines is 1. The van der Waals surface area contributed by atoms with E-state index in [1.165, 1.54) is 24.1 Å². The van der Waals surface area contributed by atoms with Crippen LogP contribution in [0, 0.1) is 6.92 Å². The van der Waals surface area contributed by atoms with E-state index >= 15 is 0 Å². The van der Waals surface area contributed by atoms with Crippen LogP contribution in [0.3, 0.4) is 0 Å². The molecule has 1 N–H and O–H groups in total. The maximum atomic E-state index is 14.5. The minimum atomic E-state index is -4.23. The molecule has 0 radical (unpaired) electrons. The topological polar surface area (TPSA) is 96.0 Å². The van der Waals surface area contributed by atoms with Crippen molar-refractivity contribution >= 4 is 39.1 Å². The second kappa shape index (κ2) is 15.6. The lowest BCUT2D eigenvalue weighted by atomic mass is 10.0. The van der Waals surface area contributed by atoms with Crippen LogP contribution in [0.1, 0.15) is 30.0 Å². The van der Waals surface area contributed by atoms with E-state index < -0.39 is 28.5 Å². The Morgan fingerprint density at radius 2 is 1.56 bits per heavy atom. The van der Waals surface area contributed by atoms with E-state index in [4.69, 9.17) is 16.3 Å². The summed E-state index contributed by atoms with van der Waals surface area (Å²) in [5.74, 6) is -0.344. The van der Waals surface area contributed by atoms with Gasteiger partial charge in [-0.2, -0.15) is 0 Å². The highest BCUT2D eigenvalue weighted by atomic mass is 35.5. The summed E-state index contributed by atoms with van der Waals surface area (Å²) in [4.78, 5) is 29.7. The van der Waals surface area contributed by atoms with E-state index in [0.717, 1.165) is 27.4 Å². The van der Waals surface area contributed by atoms with Gasteiger partial charge in [0.25, 0.3) is 10.0 Å². The highest BCUT2D eigenvalue weighted by molar-refractivity contribution is 7.92. The smallest absolute Gasteiger partial charge is 0.264 e. The fraction of sp³-hybridized carbons (Fsp3) is 0.257. The van der Waals surface area contributed by atoms with Crippen molar-refractivity contribution in [2.45, 2.75) is 44.2 Å². The highest BCUT2D eigenvalue weighted by Gasteiger charge is 2.34. The first-order valence-corrected chi connectivity index (χ1v) is 16.5.